The van der Waals surface area contributed by atoms with Gasteiger partial charge in [0.25, 0.3) is 0 Å². The Morgan fingerprint density at radius 1 is 0.356 bits per heavy atom. The predicted molar refractivity (Wildman–Crippen MR) is 460 cm³/mol. The molecule has 5 aromatic rings. The largest absolute Gasteiger partial charge is 0.494 e. The summed E-state index contributed by atoms with van der Waals surface area (Å²) in [7, 11) is 0. The quantitative estimate of drug-likeness (QED) is 0.0152. The first-order valence-electron chi connectivity index (χ1n) is 45.1. The van der Waals surface area contributed by atoms with Gasteiger partial charge in [0.2, 0.25) is 0 Å². The highest BCUT2D eigenvalue weighted by Crippen LogP contribution is 2.40. The van der Waals surface area contributed by atoms with Crippen LogP contribution in [0.5, 0.6) is 34.5 Å². The molecule has 1 heterocycles. The van der Waals surface area contributed by atoms with Crippen molar-refractivity contribution >= 4 is 41.8 Å². The van der Waals surface area contributed by atoms with Gasteiger partial charge < -0.3 is 61.6 Å². The minimum absolute atomic E-state index is 0.0157. The lowest BCUT2D eigenvalue weighted by Crippen LogP contribution is -2.22. The molecule has 0 amide bonds. The highest BCUT2D eigenvalue weighted by Gasteiger charge is 2.25. The summed E-state index contributed by atoms with van der Waals surface area (Å²) in [4.78, 5) is 84.0. The lowest BCUT2D eigenvalue weighted by Gasteiger charge is -2.28. The number of hydrogen-bond donors (Lipinski definition) is 0. The average molecular weight is 1640 g/mol. The number of aryl methyl sites for hydroxylation is 1. The van der Waals surface area contributed by atoms with Crippen molar-refractivity contribution in [3.05, 3.63) is 143 Å². The monoisotopic (exact) mass is 1640 g/mol. The molecular weight excluding hydrogens is 1500 g/mol. The SMILES string of the molecule is CCCC1CCC(c2ccc(OC(C)=O)cc2)CC1.CCCCCCOC(=O)CCC(=O)OCCCCCCOc1ccc(C(=O)Oc2ccc(C3CCC(CCC)CC3)cc2)cc1.CCOc1ccc(OCCCCCCOC(=O)CCC(=O)OCCCCCCOc2ccc(C)cc2)c(C(=O)OCCCCCCOC2CCCCO2)c1. The van der Waals surface area contributed by atoms with Crippen molar-refractivity contribution in [3.63, 3.8) is 0 Å². The topological polar surface area (TPSA) is 239 Å². The minimum Gasteiger partial charge on any atom is -0.494 e. The molecule has 1 aliphatic heterocycles. The van der Waals surface area contributed by atoms with Gasteiger partial charge in [-0.3, -0.25) is 24.0 Å². The Morgan fingerprint density at radius 2 is 0.754 bits per heavy atom. The maximum absolute atomic E-state index is 13.0. The molecule has 8 rings (SSSR count). The molecule has 3 aliphatic rings. The summed E-state index contributed by atoms with van der Waals surface area (Å²) in [5.41, 5.74) is 4.78. The molecule has 1 atom stereocenters. The molecule has 0 N–H and O–H groups in total. The molecule has 118 heavy (non-hydrogen) atoms. The number of ether oxygens (including phenoxy) is 13. The van der Waals surface area contributed by atoms with Gasteiger partial charge in [0.15, 0.2) is 6.29 Å². The fraction of sp³-hybridized carbons (Fsp3) is 0.622. The first-order chi connectivity index (χ1) is 57.6. The Bertz CT molecular complexity index is 3520. The van der Waals surface area contributed by atoms with E-state index < -0.39 is 11.9 Å². The van der Waals surface area contributed by atoms with Crippen molar-refractivity contribution in [2.24, 2.45) is 11.8 Å². The molecule has 0 bridgehead atoms. The van der Waals surface area contributed by atoms with E-state index in [0.717, 1.165) is 172 Å². The van der Waals surface area contributed by atoms with Crippen LogP contribution in [-0.2, 0) is 57.1 Å². The first-order valence-corrected chi connectivity index (χ1v) is 45.1. The Balaban J connectivity index is 0.000000302. The van der Waals surface area contributed by atoms with Gasteiger partial charge in [-0.15, -0.1) is 0 Å². The van der Waals surface area contributed by atoms with Gasteiger partial charge in [-0.1, -0.05) is 114 Å². The van der Waals surface area contributed by atoms with Crippen molar-refractivity contribution < 1.29 is 95.1 Å². The number of esters is 7. The van der Waals surface area contributed by atoms with Crippen molar-refractivity contribution in [1.29, 1.82) is 0 Å². The molecule has 1 saturated heterocycles. The summed E-state index contributed by atoms with van der Waals surface area (Å²) in [6.45, 7) is 17.5. The van der Waals surface area contributed by atoms with Crippen LogP contribution in [0.2, 0.25) is 0 Å². The smallest absolute Gasteiger partial charge is 0.343 e. The van der Waals surface area contributed by atoms with E-state index in [-0.39, 0.29) is 61.8 Å². The van der Waals surface area contributed by atoms with Crippen LogP contribution >= 0.6 is 0 Å². The molecule has 2 saturated carbocycles. The highest BCUT2D eigenvalue weighted by molar-refractivity contribution is 5.93. The number of unbranched alkanes of at least 4 members (excludes halogenated alkanes) is 15. The second-order valence-electron chi connectivity index (χ2n) is 31.5. The normalized spacial score (nSPS) is 16.2. The van der Waals surface area contributed by atoms with Crippen molar-refractivity contribution in [2.75, 3.05) is 72.7 Å². The molecular formula is C98H142O20. The van der Waals surface area contributed by atoms with Crippen LogP contribution in [0.15, 0.2) is 115 Å². The van der Waals surface area contributed by atoms with Crippen LogP contribution in [0.3, 0.4) is 0 Å². The third kappa shape index (κ3) is 44.0. The summed E-state index contributed by atoms with van der Waals surface area (Å²) in [6, 6.07) is 36.3. The Labute approximate surface area is 705 Å². The van der Waals surface area contributed by atoms with Crippen LogP contribution in [0.25, 0.3) is 0 Å². The van der Waals surface area contributed by atoms with Gasteiger partial charge in [-0.2, -0.15) is 0 Å². The molecule has 3 fully saturated rings. The van der Waals surface area contributed by atoms with Gasteiger partial charge in [0.1, 0.15) is 40.1 Å². The average Bonchev–Trinajstić information content (AvgIpc) is 0.855. The fourth-order valence-corrected chi connectivity index (χ4v) is 14.8. The van der Waals surface area contributed by atoms with Crippen LogP contribution in [0, 0.1) is 18.8 Å². The zero-order chi connectivity index (χ0) is 84.3. The lowest BCUT2D eigenvalue weighted by molar-refractivity contribution is -0.162. The van der Waals surface area contributed by atoms with Crippen LogP contribution in [0.4, 0.5) is 0 Å². The maximum atomic E-state index is 13.0. The molecule has 20 nitrogen and oxygen atoms in total. The van der Waals surface area contributed by atoms with Crippen LogP contribution in [-0.4, -0.2) is 121 Å². The molecule has 2 aliphatic carbocycles. The first kappa shape index (κ1) is 98.3. The molecule has 654 valence electrons. The molecule has 0 aromatic heterocycles. The van der Waals surface area contributed by atoms with Gasteiger partial charge >= 0.3 is 41.8 Å². The minimum atomic E-state index is -0.425. The third-order valence-corrected chi connectivity index (χ3v) is 21.6. The Morgan fingerprint density at radius 3 is 1.18 bits per heavy atom. The molecule has 0 radical (unpaired) electrons. The van der Waals surface area contributed by atoms with E-state index in [4.69, 9.17) is 61.6 Å². The maximum Gasteiger partial charge on any atom is 0.343 e. The van der Waals surface area contributed by atoms with E-state index in [2.05, 4.69) is 45.0 Å². The zero-order valence-corrected chi connectivity index (χ0v) is 72.4. The summed E-state index contributed by atoms with van der Waals surface area (Å²) in [6.07, 6.45) is 37.5. The number of hydrogen-bond acceptors (Lipinski definition) is 20. The Hall–Kier alpha value is -8.49. The van der Waals surface area contributed by atoms with Crippen LogP contribution < -0.4 is 28.4 Å². The van der Waals surface area contributed by atoms with Crippen LogP contribution in [0.1, 0.15) is 334 Å². The second kappa shape index (κ2) is 61.8. The second-order valence-corrected chi connectivity index (χ2v) is 31.5. The van der Waals surface area contributed by atoms with E-state index >= 15 is 0 Å². The fourth-order valence-electron chi connectivity index (χ4n) is 14.8. The van der Waals surface area contributed by atoms with Crippen molar-refractivity contribution in [2.45, 2.75) is 310 Å². The molecule has 20 heteroatoms. The highest BCUT2D eigenvalue weighted by atomic mass is 16.7. The molecule has 5 aromatic carbocycles. The predicted octanol–water partition coefficient (Wildman–Crippen LogP) is 23.2. The van der Waals surface area contributed by atoms with E-state index in [9.17, 15) is 33.6 Å². The van der Waals surface area contributed by atoms with E-state index in [0.29, 0.717) is 118 Å². The van der Waals surface area contributed by atoms with E-state index in [1.165, 1.54) is 101 Å². The van der Waals surface area contributed by atoms with E-state index in [1.807, 2.05) is 62.4 Å². The number of rotatable bonds is 55. The third-order valence-electron chi connectivity index (χ3n) is 21.6. The molecule has 0 spiro atoms. The van der Waals surface area contributed by atoms with Crippen molar-refractivity contribution in [3.8, 4) is 34.5 Å². The standard InChI is InChI=1S/C43H64O11.C38H54O7.C17H24O2/c1-3-47-37-23-24-39(38(34-37)43(46)54-33-16-9-8-15-31-52-42-18-10-17-32-53-42)49-28-12-5-7-14-30-51-41(45)26-25-40(44)50-29-13-6-4-11-27-48-36-21-19-35(2)20-22-36;1-3-5-6-9-28-43-36(39)25-26-37(40)44-29-11-8-7-10-27-42-34-21-19-33(20-22-34)38(41)45-35-23-17-32(18-24-35)31-15-13-30(12-4-2)14-16-31;1-3-4-14-5-7-15(8-6-14)16-9-11-17(12-10-16)19-13(2)18/h19-24,34,42H,3-18,25-33H2,1-2H3;17-24,30-31H,3-16,25-29H2,1-2H3;9-12,14-15H,3-8H2,1-2H3. The number of carbonyl (C=O) groups excluding carboxylic acids is 7. The van der Waals surface area contributed by atoms with Gasteiger partial charge in [0, 0.05) is 20.1 Å². The van der Waals surface area contributed by atoms with Crippen molar-refractivity contribution in [1.82, 2.24) is 0 Å². The summed E-state index contributed by atoms with van der Waals surface area (Å²) in [5.74, 6) is 4.46. The number of benzene rings is 5. The molecule has 1 unspecified atom stereocenters. The summed E-state index contributed by atoms with van der Waals surface area (Å²) >= 11 is 0. The van der Waals surface area contributed by atoms with E-state index in [1.54, 1.807) is 42.5 Å². The zero-order valence-electron chi connectivity index (χ0n) is 72.4. The lowest BCUT2D eigenvalue weighted by atomic mass is 9.77. The summed E-state index contributed by atoms with van der Waals surface area (Å²) in [5, 5.41) is 0. The number of carbonyl (C=O) groups is 7. The Kier molecular flexibility index (Phi) is 51.5. The summed E-state index contributed by atoms with van der Waals surface area (Å²) < 4.78 is 71.6. The van der Waals surface area contributed by atoms with Gasteiger partial charge in [-0.25, -0.2) is 9.59 Å². The van der Waals surface area contributed by atoms with Gasteiger partial charge in [-0.05, 0) is 301 Å². The van der Waals surface area contributed by atoms with Gasteiger partial charge in [0.05, 0.1) is 90.7 Å².